The molecule has 4 aromatic rings. The van der Waals surface area contributed by atoms with Crippen LogP contribution in [0.15, 0.2) is 53.3 Å². The van der Waals surface area contributed by atoms with Crippen molar-refractivity contribution in [3.8, 4) is 0 Å². The van der Waals surface area contributed by atoms with E-state index in [1.54, 1.807) is 0 Å². The van der Waals surface area contributed by atoms with Gasteiger partial charge in [-0.3, -0.25) is 14.6 Å². The van der Waals surface area contributed by atoms with Gasteiger partial charge >= 0.3 is 0 Å². The van der Waals surface area contributed by atoms with Gasteiger partial charge in [-0.2, -0.15) is 0 Å². The van der Waals surface area contributed by atoms with Crippen LogP contribution in [-0.2, 0) is 17.8 Å². The molecule has 2 aliphatic heterocycles. The van der Waals surface area contributed by atoms with E-state index in [9.17, 15) is 4.79 Å². The predicted molar refractivity (Wildman–Crippen MR) is 146 cm³/mol. The summed E-state index contributed by atoms with van der Waals surface area (Å²) in [6.07, 6.45) is 2.15. The minimum absolute atomic E-state index is 0.0900. The summed E-state index contributed by atoms with van der Waals surface area (Å²) in [6, 6.07) is 16.5. The Kier molecular flexibility index (Phi) is 7.06. The van der Waals surface area contributed by atoms with E-state index in [1.165, 1.54) is 11.1 Å². The summed E-state index contributed by atoms with van der Waals surface area (Å²) in [7, 11) is 0. The molecule has 2 aliphatic rings. The Balaban J connectivity index is 1.34. The summed E-state index contributed by atoms with van der Waals surface area (Å²) < 4.78 is 7.74. The molecule has 0 saturated carbocycles. The highest BCUT2D eigenvalue weighted by Crippen LogP contribution is 2.29. The number of hydrogen-bond donors (Lipinski definition) is 1. The molecule has 9 heteroatoms. The lowest BCUT2D eigenvalue weighted by atomic mass is 10.00. The molecule has 4 heterocycles. The van der Waals surface area contributed by atoms with Crippen molar-refractivity contribution < 1.29 is 4.74 Å². The Labute approximate surface area is 222 Å². The van der Waals surface area contributed by atoms with E-state index in [0.29, 0.717) is 17.9 Å². The van der Waals surface area contributed by atoms with E-state index in [0.717, 1.165) is 68.6 Å². The highest BCUT2D eigenvalue weighted by molar-refractivity contribution is 5.83. The molecule has 0 radical (unpaired) electrons. The van der Waals surface area contributed by atoms with Gasteiger partial charge in [0.05, 0.1) is 18.2 Å². The molecule has 0 aliphatic carbocycles. The number of benzene rings is 2. The maximum Gasteiger partial charge on any atom is 0.253 e. The van der Waals surface area contributed by atoms with Crippen LogP contribution in [0.5, 0.6) is 0 Å². The number of tetrazole rings is 1. The maximum absolute atomic E-state index is 13.6. The Morgan fingerprint density at radius 1 is 1.08 bits per heavy atom. The Hall–Kier alpha value is -3.40. The summed E-state index contributed by atoms with van der Waals surface area (Å²) in [6.45, 7) is 9.85. The van der Waals surface area contributed by atoms with Crippen molar-refractivity contribution in [3.05, 3.63) is 87.0 Å². The molecule has 38 heavy (non-hydrogen) atoms. The average molecular weight is 514 g/mol. The van der Waals surface area contributed by atoms with Crippen LogP contribution in [0.4, 0.5) is 0 Å². The molecule has 0 spiro atoms. The van der Waals surface area contributed by atoms with Gasteiger partial charge in [-0.1, -0.05) is 42.0 Å². The highest BCUT2D eigenvalue weighted by Gasteiger charge is 2.33. The first-order valence-electron chi connectivity index (χ1n) is 13.6. The first-order valence-corrected chi connectivity index (χ1v) is 13.6. The minimum Gasteiger partial charge on any atom is -0.376 e. The number of pyridine rings is 1. The number of rotatable bonds is 7. The molecule has 6 rings (SSSR count). The van der Waals surface area contributed by atoms with Gasteiger partial charge in [-0.25, -0.2) is 4.68 Å². The second-order valence-corrected chi connectivity index (χ2v) is 10.7. The van der Waals surface area contributed by atoms with Gasteiger partial charge in [0.25, 0.3) is 5.56 Å². The minimum atomic E-state index is -0.348. The fourth-order valence-corrected chi connectivity index (χ4v) is 5.95. The van der Waals surface area contributed by atoms with Gasteiger partial charge in [-0.15, -0.1) is 5.10 Å². The standard InChI is InChI=1S/C29H35N7O2/c1-20-15-21(2)26-23(16-20)17-25(29(37)30-26)27(28-31-32-33-36(28)19-24-9-6-14-38-24)35-12-10-34(11-13-35)18-22-7-4-3-5-8-22/h3-5,7-8,15-17,24,27H,6,9-14,18-19H2,1-2H3,(H,30,37)/t24-,27-/m1/s1. The number of ether oxygens (including phenoxy) is 1. The Bertz CT molecular complexity index is 1450. The lowest BCUT2D eigenvalue weighted by Gasteiger charge is -2.38. The second-order valence-electron chi connectivity index (χ2n) is 10.7. The van der Waals surface area contributed by atoms with Crippen LogP contribution in [0.2, 0.25) is 0 Å². The third-order valence-corrected chi connectivity index (χ3v) is 7.84. The molecule has 2 aromatic heterocycles. The van der Waals surface area contributed by atoms with Crippen molar-refractivity contribution in [3.63, 3.8) is 0 Å². The molecule has 0 unspecified atom stereocenters. The quantitative estimate of drug-likeness (QED) is 0.406. The van der Waals surface area contributed by atoms with Gasteiger partial charge in [0.1, 0.15) is 6.04 Å². The van der Waals surface area contributed by atoms with Crippen LogP contribution in [0.1, 0.15) is 47.0 Å². The van der Waals surface area contributed by atoms with Crippen molar-refractivity contribution >= 4 is 10.9 Å². The van der Waals surface area contributed by atoms with E-state index < -0.39 is 0 Å². The lowest BCUT2D eigenvalue weighted by Crippen LogP contribution is -2.48. The van der Waals surface area contributed by atoms with Gasteiger partial charge in [-0.05, 0) is 65.8 Å². The first-order chi connectivity index (χ1) is 18.5. The molecule has 1 N–H and O–H groups in total. The number of aryl methyl sites for hydroxylation is 2. The van der Waals surface area contributed by atoms with Crippen molar-refractivity contribution in [1.82, 2.24) is 35.0 Å². The van der Waals surface area contributed by atoms with E-state index in [-0.39, 0.29) is 17.7 Å². The van der Waals surface area contributed by atoms with E-state index in [1.807, 2.05) is 17.7 Å². The van der Waals surface area contributed by atoms with Crippen LogP contribution >= 0.6 is 0 Å². The molecule has 198 valence electrons. The normalized spacial score (nSPS) is 19.8. The SMILES string of the molecule is Cc1cc(C)c2[nH]c(=O)c([C@H](c3nnnn3C[C@H]3CCCO3)N3CCN(Cc4ccccc4)CC3)cc2c1. The molecule has 2 saturated heterocycles. The van der Waals surface area contributed by atoms with Gasteiger partial charge in [0, 0.05) is 44.9 Å². The average Bonchev–Trinajstić information content (AvgIpc) is 3.60. The summed E-state index contributed by atoms with van der Waals surface area (Å²) in [5.74, 6) is 0.700. The van der Waals surface area contributed by atoms with Crippen LogP contribution in [0, 0.1) is 13.8 Å². The molecule has 9 nitrogen and oxygen atoms in total. The third-order valence-electron chi connectivity index (χ3n) is 7.84. The number of aromatic nitrogens is 5. The zero-order chi connectivity index (χ0) is 26.1. The van der Waals surface area contributed by atoms with E-state index in [2.05, 4.69) is 79.7 Å². The Morgan fingerprint density at radius 3 is 2.66 bits per heavy atom. The van der Waals surface area contributed by atoms with Crippen molar-refractivity contribution in [2.24, 2.45) is 0 Å². The second kappa shape index (κ2) is 10.8. The van der Waals surface area contributed by atoms with Crippen LogP contribution in [0.25, 0.3) is 10.9 Å². The summed E-state index contributed by atoms with van der Waals surface area (Å²) >= 11 is 0. The number of nitrogens with one attached hydrogen (secondary N) is 1. The molecule has 2 aromatic carbocycles. The summed E-state index contributed by atoms with van der Waals surface area (Å²) in [5.41, 5.74) is 5.03. The first kappa shape index (κ1) is 24.9. The number of hydrogen-bond acceptors (Lipinski definition) is 7. The zero-order valence-electron chi connectivity index (χ0n) is 22.1. The molecule has 0 bridgehead atoms. The van der Waals surface area contributed by atoms with Crippen molar-refractivity contribution in [2.45, 2.75) is 51.9 Å². The molecule has 0 amide bonds. The summed E-state index contributed by atoms with van der Waals surface area (Å²) in [5, 5.41) is 13.9. The van der Waals surface area contributed by atoms with Crippen LogP contribution in [0.3, 0.4) is 0 Å². The smallest absolute Gasteiger partial charge is 0.253 e. The molecule has 2 atom stereocenters. The highest BCUT2D eigenvalue weighted by atomic mass is 16.5. The number of aromatic amines is 1. The molecule has 2 fully saturated rings. The number of nitrogens with zero attached hydrogens (tertiary/aromatic N) is 6. The monoisotopic (exact) mass is 513 g/mol. The number of piperazine rings is 1. The van der Waals surface area contributed by atoms with E-state index >= 15 is 0 Å². The van der Waals surface area contributed by atoms with Crippen LogP contribution in [-0.4, -0.2) is 73.9 Å². The largest absolute Gasteiger partial charge is 0.376 e. The van der Waals surface area contributed by atoms with E-state index in [4.69, 9.17) is 4.74 Å². The number of H-pyrrole nitrogens is 1. The zero-order valence-corrected chi connectivity index (χ0v) is 22.1. The molecular weight excluding hydrogens is 478 g/mol. The van der Waals surface area contributed by atoms with Crippen molar-refractivity contribution in [1.29, 1.82) is 0 Å². The molecular formula is C29H35N7O2. The number of fused-ring (bicyclic) bond motifs is 1. The Morgan fingerprint density at radius 2 is 1.89 bits per heavy atom. The van der Waals surface area contributed by atoms with Gasteiger partial charge in [0.15, 0.2) is 5.82 Å². The van der Waals surface area contributed by atoms with Gasteiger partial charge in [0.2, 0.25) is 0 Å². The van der Waals surface area contributed by atoms with Crippen molar-refractivity contribution in [2.75, 3.05) is 32.8 Å². The predicted octanol–water partition coefficient (Wildman–Crippen LogP) is 3.22. The third kappa shape index (κ3) is 5.14. The topological polar surface area (TPSA) is 92.2 Å². The van der Waals surface area contributed by atoms with Gasteiger partial charge < -0.3 is 9.72 Å². The van der Waals surface area contributed by atoms with Crippen LogP contribution < -0.4 is 5.56 Å². The fraction of sp³-hybridized carbons (Fsp3) is 0.448. The maximum atomic E-state index is 13.6. The summed E-state index contributed by atoms with van der Waals surface area (Å²) in [4.78, 5) is 21.6. The fourth-order valence-electron chi connectivity index (χ4n) is 5.95. The lowest BCUT2D eigenvalue weighted by molar-refractivity contribution is 0.0840.